The van der Waals surface area contributed by atoms with Crippen LogP contribution in [0.15, 0.2) is 23.2 Å². The Bertz CT molecular complexity index is 826. The molecule has 4 nitrogen and oxygen atoms in total. The van der Waals surface area contributed by atoms with Gasteiger partial charge in [0.25, 0.3) is 5.91 Å². The van der Waals surface area contributed by atoms with Crippen molar-refractivity contribution in [2.75, 3.05) is 0 Å². The van der Waals surface area contributed by atoms with Crippen LogP contribution in [0.4, 0.5) is 4.39 Å². The van der Waals surface area contributed by atoms with Crippen molar-refractivity contribution in [2.45, 2.75) is 31.8 Å². The van der Waals surface area contributed by atoms with E-state index in [1.165, 1.54) is 0 Å². The minimum Gasteiger partial charge on any atom is -0.386 e. The van der Waals surface area contributed by atoms with Crippen molar-refractivity contribution in [3.8, 4) is 0 Å². The molecule has 0 aliphatic heterocycles. The predicted molar refractivity (Wildman–Crippen MR) is 90.8 cm³/mol. The summed E-state index contributed by atoms with van der Waals surface area (Å²) in [4.78, 5) is 14.8. The quantitative estimate of drug-likeness (QED) is 0.714. The zero-order valence-electron chi connectivity index (χ0n) is 12.7. The van der Waals surface area contributed by atoms with Crippen LogP contribution in [-0.4, -0.2) is 21.6 Å². The molecular formula is C17H18BrFN2O2. The molecule has 2 atom stereocenters. The standard InChI is InChI=1S/C17H18BrFN2O2/c1-3-17(2,23)8-4-5-9-12(6-8)21-15-10(16(20)22)7-11(19)14(18)13(9)15/h3,7-8,21,23H,1,4-6H2,2H3,(H2,20,22)/t8-,17?/m1/s1. The van der Waals surface area contributed by atoms with Crippen LogP contribution in [0.5, 0.6) is 0 Å². The second kappa shape index (κ2) is 5.46. The number of benzene rings is 1. The largest absolute Gasteiger partial charge is 0.386 e. The fourth-order valence-corrected chi connectivity index (χ4v) is 3.95. The van der Waals surface area contributed by atoms with Gasteiger partial charge < -0.3 is 15.8 Å². The fourth-order valence-electron chi connectivity index (χ4n) is 3.39. The number of hydrogen-bond donors (Lipinski definition) is 3. The molecule has 6 heteroatoms. The van der Waals surface area contributed by atoms with Crippen LogP contribution in [-0.2, 0) is 12.8 Å². The molecule has 1 unspecified atom stereocenters. The summed E-state index contributed by atoms with van der Waals surface area (Å²) in [5, 5.41) is 11.1. The molecule has 1 heterocycles. The molecule has 122 valence electrons. The number of amides is 1. The first-order valence-corrected chi connectivity index (χ1v) is 8.22. The van der Waals surface area contributed by atoms with Gasteiger partial charge in [-0.25, -0.2) is 4.39 Å². The lowest BCUT2D eigenvalue weighted by atomic mass is 9.77. The first kappa shape index (κ1) is 16.2. The van der Waals surface area contributed by atoms with Gasteiger partial charge in [-0.3, -0.25) is 4.79 Å². The van der Waals surface area contributed by atoms with Gasteiger partial charge in [-0.05, 0) is 59.7 Å². The second-order valence-corrected chi connectivity index (χ2v) is 7.08. The lowest BCUT2D eigenvalue weighted by Gasteiger charge is -2.33. The SMILES string of the molecule is C=CC(C)(O)[C@@H]1CCc2c([nH]c3c(C(N)=O)cc(F)c(Br)c23)C1. The van der Waals surface area contributed by atoms with E-state index in [1.54, 1.807) is 13.0 Å². The Morgan fingerprint density at radius 3 is 2.96 bits per heavy atom. The topological polar surface area (TPSA) is 79.1 Å². The smallest absolute Gasteiger partial charge is 0.250 e. The number of fused-ring (bicyclic) bond motifs is 3. The van der Waals surface area contributed by atoms with Crippen molar-refractivity contribution in [2.24, 2.45) is 11.7 Å². The summed E-state index contributed by atoms with van der Waals surface area (Å²) in [5.41, 5.74) is 6.99. The molecule has 3 rings (SSSR count). The summed E-state index contributed by atoms with van der Waals surface area (Å²) in [6, 6.07) is 1.15. The number of H-pyrrole nitrogens is 1. The Balaban J connectivity index is 2.19. The molecule has 4 N–H and O–H groups in total. The lowest BCUT2D eigenvalue weighted by Crippen LogP contribution is -2.36. The molecule has 0 bridgehead atoms. The maximum atomic E-state index is 14.1. The first-order valence-electron chi connectivity index (χ1n) is 7.43. The molecule has 1 aliphatic rings. The molecule has 2 aromatic rings. The van der Waals surface area contributed by atoms with Crippen molar-refractivity contribution in [1.29, 1.82) is 0 Å². The molecular weight excluding hydrogens is 363 g/mol. The summed E-state index contributed by atoms with van der Waals surface area (Å²) in [7, 11) is 0. The van der Waals surface area contributed by atoms with Gasteiger partial charge in [0.15, 0.2) is 0 Å². The third kappa shape index (κ3) is 2.50. The van der Waals surface area contributed by atoms with Crippen LogP contribution in [0.2, 0.25) is 0 Å². The Morgan fingerprint density at radius 2 is 2.35 bits per heavy atom. The Morgan fingerprint density at radius 1 is 1.65 bits per heavy atom. The van der Waals surface area contributed by atoms with E-state index in [9.17, 15) is 14.3 Å². The monoisotopic (exact) mass is 380 g/mol. The summed E-state index contributed by atoms with van der Waals surface area (Å²) < 4.78 is 14.5. The molecule has 0 saturated heterocycles. The number of aliphatic hydroxyl groups is 1. The zero-order valence-corrected chi connectivity index (χ0v) is 14.3. The van der Waals surface area contributed by atoms with Crippen molar-refractivity contribution in [3.05, 3.63) is 45.8 Å². The van der Waals surface area contributed by atoms with E-state index in [1.807, 2.05) is 0 Å². The number of aryl methyl sites for hydroxylation is 1. The average molecular weight is 381 g/mol. The molecule has 1 aliphatic carbocycles. The number of hydrogen-bond acceptors (Lipinski definition) is 2. The third-order valence-electron chi connectivity index (χ3n) is 4.86. The van der Waals surface area contributed by atoms with E-state index < -0.39 is 17.3 Å². The highest BCUT2D eigenvalue weighted by atomic mass is 79.9. The number of carbonyl (C=O) groups excluding carboxylic acids is 1. The van der Waals surface area contributed by atoms with Crippen LogP contribution in [0, 0.1) is 11.7 Å². The maximum absolute atomic E-state index is 14.1. The van der Waals surface area contributed by atoms with Gasteiger partial charge in [-0.2, -0.15) is 0 Å². The number of primary amides is 1. The first-order chi connectivity index (χ1) is 10.8. The van der Waals surface area contributed by atoms with Gasteiger partial charge in [0.2, 0.25) is 0 Å². The Kier molecular flexibility index (Phi) is 3.84. The van der Waals surface area contributed by atoms with Crippen LogP contribution in [0.25, 0.3) is 10.9 Å². The van der Waals surface area contributed by atoms with Gasteiger partial charge in [0, 0.05) is 11.1 Å². The summed E-state index contributed by atoms with van der Waals surface area (Å²) >= 11 is 3.28. The molecule has 1 amide bonds. The molecule has 0 saturated carbocycles. The van der Waals surface area contributed by atoms with Crippen LogP contribution in [0.1, 0.15) is 35.0 Å². The third-order valence-corrected chi connectivity index (χ3v) is 5.64. The second-order valence-electron chi connectivity index (χ2n) is 6.29. The zero-order chi connectivity index (χ0) is 16.9. The minimum atomic E-state index is -0.968. The molecule has 1 aromatic carbocycles. The van der Waals surface area contributed by atoms with Crippen LogP contribution < -0.4 is 5.73 Å². The van der Waals surface area contributed by atoms with Gasteiger partial charge >= 0.3 is 0 Å². The van der Waals surface area contributed by atoms with Gasteiger partial charge in [0.05, 0.1) is 21.2 Å². The van der Waals surface area contributed by atoms with Crippen molar-refractivity contribution >= 4 is 32.7 Å². The molecule has 0 radical (unpaired) electrons. The summed E-state index contributed by atoms with van der Waals surface area (Å²) in [6.45, 7) is 5.43. The number of nitrogens with two attached hydrogens (primary N) is 1. The van der Waals surface area contributed by atoms with Crippen LogP contribution in [0.3, 0.4) is 0 Å². The predicted octanol–water partition coefficient (Wildman–Crippen LogP) is 3.21. The minimum absolute atomic E-state index is 0.0150. The van der Waals surface area contributed by atoms with Crippen molar-refractivity contribution in [1.82, 2.24) is 4.98 Å². The number of carbonyl (C=O) groups is 1. The van der Waals surface area contributed by atoms with Gasteiger partial charge in [-0.15, -0.1) is 6.58 Å². The molecule has 1 aromatic heterocycles. The summed E-state index contributed by atoms with van der Waals surface area (Å²) in [6.07, 6.45) is 3.60. The highest BCUT2D eigenvalue weighted by molar-refractivity contribution is 9.10. The van der Waals surface area contributed by atoms with E-state index in [0.29, 0.717) is 28.2 Å². The Labute approximate surface area is 141 Å². The maximum Gasteiger partial charge on any atom is 0.250 e. The molecule has 0 fully saturated rings. The van der Waals surface area contributed by atoms with Crippen molar-refractivity contribution < 1.29 is 14.3 Å². The van der Waals surface area contributed by atoms with Gasteiger partial charge in [0.1, 0.15) is 5.82 Å². The van der Waals surface area contributed by atoms with Crippen molar-refractivity contribution in [3.63, 3.8) is 0 Å². The fraction of sp³-hybridized carbons (Fsp3) is 0.353. The van der Waals surface area contributed by atoms with E-state index in [-0.39, 0.29) is 11.5 Å². The van der Waals surface area contributed by atoms with E-state index >= 15 is 0 Å². The number of aromatic nitrogens is 1. The highest BCUT2D eigenvalue weighted by Crippen LogP contribution is 2.40. The van der Waals surface area contributed by atoms with E-state index in [2.05, 4.69) is 27.5 Å². The van der Waals surface area contributed by atoms with E-state index in [0.717, 1.165) is 23.7 Å². The average Bonchev–Trinajstić information content (AvgIpc) is 2.89. The Hall–Kier alpha value is -1.66. The molecule has 23 heavy (non-hydrogen) atoms. The molecule has 0 spiro atoms. The number of halogens is 2. The number of rotatable bonds is 3. The normalized spacial score (nSPS) is 20.1. The van der Waals surface area contributed by atoms with Gasteiger partial charge in [-0.1, -0.05) is 6.08 Å². The van der Waals surface area contributed by atoms with Crippen LogP contribution >= 0.6 is 15.9 Å². The van der Waals surface area contributed by atoms with E-state index in [4.69, 9.17) is 5.73 Å². The highest BCUT2D eigenvalue weighted by Gasteiger charge is 2.34. The number of aromatic amines is 1. The lowest BCUT2D eigenvalue weighted by molar-refractivity contribution is 0.0392. The number of nitrogens with one attached hydrogen (secondary N) is 1. The summed E-state index contributed by atoms with van der Waals surface area (Å²) in [5.74, 6) is -1.16.